The van der Waals surface area contributed by atoms with Crippen molar-refractivity contribution in [3.8, 4) is 129 Å². The number of aromatic nitrogens is 6. The molecule has 2 aliphatic rings. The summed E-state index contributed by atoms with van der Waals surface area (Å²) in [5.74, 6) is 2.19. The molecule has 19 aromatic rings. The van der Waals surface area contributed by atoms with E-state index in [0.717, 1.165) is 140 Å². The first-order valence-electron chi connectivity index (χ1n) is 38.1. The van der Waals surface area contributed by atoms with Crippen LogP contribution in [-0.4, -0.2) is 36.2 Å². The fourth-order valence-corrected chi connectivity index (χ4v) is 16.7. The summed E-state index contributed by atoms with van der Waals surface area (Å²) in [7, 11) is 0. The van der Waals surface area contributed by atoms with E-state index >= 15 is 0 Å². The van der Waals surface area contributed by atoms with Crippen LogP contribution in [0.4, 0.5) is 34.1 Å². The second-order valence-electron chi connectivity index (χ2n) is 28.7. The van der Waals surface area contributed by atoms with E-state index in [9.17, 15) is 0 Å². The van der Waals surface area contributed by atoms with Crippen molar-refractivity contribution in [1.82, 2.24) is 29.5 Å². The summed E-state index contributed by atoms with van der Waals surface area (Å²) in [6.45, 7) is -0.181. The Hall–Kier alpha value is -14.9. The average Bonchev–Trinajstić information content (AvgIpc) is 0.801. The van der Waals surface area contributed by atoms with Crippen molar-refractivity contribution < 1.29 is 0 Å². The Morgan fingerprint density at radius 3 is 1.00 bits per heavy atom. The Morgan fingerprint density at radius 1 is 0.196 bits per heavy atom. The van der Waals surface area contributed by atoms with Gasteiger partial charge in [0.15, 0.2) is 23.3 Å². The van der Waals surface area contributed by atoms with Crippen molar-refractivity contribution in [2.75, 3.05) is 9.80 Å². The Morgan fingerprint density at radius 2 is 0.536 bits per heavy atom. The zero-order valence-corrected chi connectivity index (χ0v) is 60.8. The highest BCUT2D eigenvalue weighted by atomic mass is 15.2. The molecule has 0 fully saturated rings. The third-order valence-corrected chi connectivity index (χ3v) is 22.1. The third-order valence-electron chi connectivity index (χ3n) is 22.1. The van der Waals surface area contributed by atoms with Gasteiger partial charge in [-0.2, -0.15) is 0 Å². The van der Waals surface area contributed by atoms with Gasteiger partial charge in [0.05, 0.1) is 28.1 Å². The largest absolute Gasteiger partial charge is 0.311 e. The molecule has 0 spiro atoms. The van der Waals surface area contributed by atoms with E-state index < -0.39 is 0 Å². The predicted octanol–water partition coefficient (Wildman–Crippen LogP) is 24.2. The topological polar surface area (TPSA) is 75.9 Å². The van der Waals surface area contributed by atoms with Gasteiger partial charge in [0, 0.05) is 78.3 Å². The normalized spacial score (nSPS) is 12.1. The van der Waals surface area contributed by atoms with Gasteiger partial charge in [-0.05, 0) is 163 Å². The van der Waals surface area contributed by atoms with Gasteiger partial charge in [-0.3, -0.25) is 0 Å². The summed E-state index contributed by atoms with van der Waals surface area (Å²) in [5, 5.41) is 2.18. The van der Waals surface area contributed by atoms with Crippen LogP contribution in [0.1, 0.15) is 0 Å². The van der Waals surface area contributed by atoms with E-state index in [2.05, 4.69) is 372 Å². The van der Waals surface area contributed by atoms with Crippen LogP contribution in [0.25, 0.3) is 151 Å². The molecule has 0 radical (unpaired) electrons. The summed E-state index contributed by atoms with van der Waals surface area (Å²) in [6.07, 6.45) is 0. The van der Waals surface area contributed by atoms with E-state index in [1.807, 2.05) is 48.5 Å². The molecule has 0 saturated carbocycles. The Balaban J connectivity index is 0.803. The van der Waals surface area contributed by atoms with Crippen LogP contribution < -0.4 is 26.2 Å². The Bertz CT molecular complexity index is 6450. The van der Waals surface area contributed by atoms with E-state index in [-0.39, 0.29) is 6.71 Å². The van der Waals surface area contributed by atoms with E-state index in [4.69, 9.17) is 24.9 Å². The number of hydrogen-bond acceptors (Lipinski definition) is 7. The molecule has 5 heterocycles. The molecular weight excluding hydrogens is 1360 g/mol. The fourth-order valence-electron chi connectivity index (χ4n) is 16.7. The first-order chi connectivity index (χ1) is 55.5. The predicted molar refractivity (Wildman–Crippen MR) is 464 cm³/mol. The highest BCUT2D eigenvalue weighted by molar-refractivity contribution is 7.00. The number of fused-ring (bicyclic) bond motifs is 7. The molecule has 2 aliphatic heterocycles. The molecule has 0 amide bonds. The number of hydrogen-bond donors (Lipinski definition) is 0. The first-order valence-corrected chi connectivity index (χ1v) is 38.1. The maximum Gasteiger partial charge on any atom is 0.252 e. The molecular formula is C103H67BN8. The second-order valence-corrected chi connectivity index (χ2v) is 28.7. The summed E-state index contributed by atoms with van der Waals surface area (Å²) >= 11 is 0. The molecule has 0 atom stereocenters. The molecule has 0 unspecified atom stereocenters. The van der Waals surface area contributed by atoms with Gasteiger partial charge in [-0.1, -0.05) is 315 Å². The molecule has 112 heavy (non-hydrogen) atoms. The molecule has 0 aliphatic carbocycles. The second kappa shape index (κ2) is 27.7. The molecule has 0 saturated heterocycles. The summed E-state index contributed by atoms with van der Waals surface area (Å²) in [6, 6.07) is 146. The van der Waals surface area contributed by atoms with E-state index in [0.29, 0.717) is 23.3 Å². The number of para-hydroxylation sites is 1. The van der Waals surface area contributed by atoms with Crippen LogP contribution in [0, 0.1) is 0 Å². The van der Waals surface area contributed by atoms with Crippen molar-refractivity contribution >= 4 is 79.0 Å². The van der Waals surface area contributed by atoms with Crippen molar-refractivity contribution in [3.63, 3.8) is 0 Å². The van der Waals surface area contributed by atoms with Crippen molar-refractivity contribution in [3.05, 3.63) is 406 Å². The number of nitrogens with zero attached hydrogens (tertiary/aromatic N) is 8. The lowest BCUT2D eigenvalue weighted by Crippen LogP contribution is -2.61. The van der Waals surface area contributed by atoms with Crippen LogP contribution in [0.3, 0.4) is 0 Å². The lowest BCUT2D eigenvalue weighted by Gasteiger charge is -2.44. The zero-order valence-electron chi connectivity index (χ0n) is 60.8. The highest BCUT2D eigenvalue weighted by Crippen LogP contribution is 2.49. The first kappa shape index (κ1) is 65.4. The van der Waals surface area contributed by atoms with Crippen molar-refractivity contribution in [2.45, 2.75) is 0 Å². The van der Waals surface area contributed by atoms with Crippen LogP contribution in [-0.2, 0) is 0 Å². The van der Waals surface area contributed by atoms with Gasteiger partial charge < -0.3 is 14.4 Å². The Labute approximate surface area is 650 Å². The van der Waals surface area contributed by atoms with Crippen LogP contribution >= 0.6 is 0 Å². The molecule has 0 N–H and O–H groups in total. The SMILES string of the molecule is c1ccc(-c2ccc(N3c4ccc(-c5ccccc5)cc4B4c5cc(-c6ccccc6)ccc5N(c5ccc(-c6ccccc6)cc5)c5cc(-c6ccc7c(c6)c6ccccc6n7-c6ccc(-c7nc(-c8ccccc8)cc(-c8ccccc8)n7)cc6-c6nc(-c7ccccc7)nc(-c7ccccc7)n6)cc3c54)cc2)cc1. The smallest absolute Gasteiger partial charge is 0.252 e. The standard InChI is InChI=1S/C103H67BN8/c1-9-27-68(28-10-1)72-45-53-83(54-46-72)110-95-59-50-79(70-31-13-3-14-32-70)63-88(95)104-89-64-80(71-33-15-4-16-34-71)51-60-96(89)111(84-55-47-73(48-56-84)69-29-11-2-12-30-69)98-66-82(65-97(110)99(98)104)78-49-57-93-86(61-78)85-43-25-26-44-92(85)112(93)94-58-52-81(102-105-90(74-35-17-5-18-36-74)67-91(106-102)75-37-19-6-20-38-75)62-87(94)103-108-100(76-39-21-7-22-40-76)107-101(109-103)77-41-23-8-24-42-77/h1-67H. The molecule has 9 heteroatoms. The van der Waals surface area contributed by atoms with Gasteiger partial charge in [-0.15, -0.1) is 0 Å². The maximum atomic E-state index is 5.48. The average molecular weight is 1430 g/mol. The quantitative estimate of drug-likeness (QED) is 0.100. The number of benzene rings is 16. The van der Waals surface area contributed by atoms with Crippen molar-refractivity contribution in [2.24, 2.45) is 0 Å². The molecule has 16 aromatic carbocycles. The molecule has 0 bridgehead atoms. The minimum Gasteiger partial charge on any atom is -0.311 e. The lowest BCUT2D eigenvalue weighted by atomic mass is 9.33. The fraction of sp³-hybridized carbons (Fsp3) is 0. The monoisotopic (exact) mass is 1430 g/mol. The summed E-state index contributed by atoms with van der Waals surface area (Å²) in [5.41, 5.74) is 31.6. The molecule has 21 rings (SSSR count). The Kier molecular flexibility index (Phi) is 16.2. The van der Waals surface area contributed by atoms with Gasteiger partial charge in [0.2, 0.25) is 0 Å². The number of rotatable bonds is 14. The summed E-state index contributed by atoms with van der Waals surface area (Å²) < 4.78 is 2.39. The highest BCUT2D eigenvalue weighted by Gasteiger charge is 2.44. The van der Waals surface area contributed by atoms with Crippen LogP contribution in [0.15, 0.2) is 406 Å². The van der Waals surface area contributed by atoms with Crippen LogP contribution in [0.2, 0.25) is 0 Å². The van der Waals surface area contributed by atoms with Gasteiger partial charge >= 0.3 is 0 Å². The van der Waals surface area contributed by atoms with Crippen molar-refractivity contribution in [1.29, 1.82) is 0 Å². The molecule has 3 aromatic heterocycles. The minimum absolute atomic E-state index is 0.181. The van der Waals surface area contributed by atoms with Gasteiger partial charge in [0.1, 0.15) is 0 Å². The van der Waals surface area contributed by atoms with Gasteiger partial charge in [-0.25, -0.2) is 24.9 Å². The van der Waals surface area contributed by atoms with E-state index in [1.165, 1.54) is 38.6 Å². The van der Waals surface area contributed by atoms with Gasteiger partial charge in [0.25, 0.3) is 6.71 Å². The third kappa shape index (κ3) is 11.7. The summed E-state index contributed by atoms with van der Waals surface area (Å²) in [4.78, 5) is 32.0. The zero-order chi connectivity index (χ0) is 74.0. The number of anilines is 6. The van der Waals surface area contributed by atoms with E-state index in [1.54, 1.807) is 0 Å². The minimum atomic E-state index is -0.181. The molecule has 522 valence electrons. The maximum absolute atomic E-state index is 5.48. The lowest BCUT2D eigenvalue weighted by molar-refractivity contribution is 1.06. The molecule has 8 nitrogen and oxygen atoms in total. The van der Waals surface area contributed by atoms with Crippen LogP contribution in [0.5, 0.6) is 0 Å².